The fourth-order valence-corrected chi connectivity index (χ4v) is 2.64. The van der Waals surface area contributed by atoms with Crippen LogP contribution in [0.25, 0.3) is 0 Å². The zero-order valence-electron chi connectivity index (χ0n) is 14.5. The Morgan fingerprint density at radius 2 is 2.04 bits per heavy atom. The summed E-state index contributed by atoms with van der Waals surface area (Å²) in [6, 6.07) is 5.12. The van der Waals surface area contributed by atoms with Crippen molar-refractivity contribution in [2.24, 2.45) is 5.92 Å². The normalized spacial score (nSPS) is 16.5. The third-order valence-electron chi connectivity index (χ3n) is 3.89. The minimum Gasteiger partial charge on any atom is -0.497 e. The molecule has 0 spiro atoms. The van der Waals surface area contributed by atoms with E-state index in [4.69, 9.17) is 14.2 Å². The highest BCUT2D eigenvalue weighted by atomic mass is 16.5. The number of rotatable bonds is 7. The van der Waals surface area contributed by atoms with Crippen LogP contribution in [0.5, 0.6) is 11.5 Å². The number of carbonyl (C=O) groups excluding carboxylic acids is 3. The van der Waals surface area contributed by atoms with Crippen molar-refractivity contribution in [2.75, 3.05) is 38.8 Å². The van der Waals surface area contributed by atoms with E-state index < -0.39 is 11.9 Å². The van der Waals surface area contributed by atoms with Gasteiger partial charge in [0.2, 0.25) is 11.8 Å². The lowest BCUT2D eigenvalue weighted by Crippen LogP contribution is -2.36. The molecule has 25 heavy (non-hydrogen) atoms. The Kier molecular flexibility index (Phi) is 6.21. The molecular formula is C17H22N2O6. The third kappa shape index (κ3) is 4.40. The van der Waals surface area contributed by atoms with Crippen molar-refractivity contribution in [1.29, 1.82) is 0 Å². The Labute approximate surface area is 146 Å². The van der Waals surface area contributed by atoms with Crippen LogP contribution in [0.4, 0.5) is 5.69 Å². The van der Waals surface area contributed by atoms with Gasteiger partial charge in [0, 0.05) is 19.0 Å². The lowest BCUT2D eigenvalue weighted by molar-refractivity contribution is -0.143. The second-order valence-corrected chi connectivity index (χ2v) is 5.47. The number of hydrogen-bond donors (Lipinski definition) is 1. The number of ether oxygens (including phenoxy) is 3. The van der Waals surface area contributed by atoms with Crippen molar-refractivity contribution in [3.05, 3.63) is 18.2 Å². The molecule has 8 heteroatoms. The van der Waals surface area contributed by atoms with Crippen LogP contribution in [0.2, 0.25) is 0 Å². The number of nitrogens with one attached hydrogen (secondary N) is 1. The summed E-state index contributed by atoms with van der Waals surface area (Å²) in [5, 5.41) is 2.50. The highest BCUT2D eigenvalue weighted by Gasteiger charge is 2.36. The van der Waals surface area contributed by atoms with Crippen molar-refractivity contribution in [3.8, 4) is 11.5 Å². The van der Waals surface area contributed by atoms with Gasteiger partial charge in [-0.15, -0.1) is 0 Å². The van der Waals surface area contributed by atoms with Gasteiger partial charge in [-0.3, -0.25) is 14.4 Å². The van der Waals surface area contributed by atoms with E-state index >= 15 is 0 Å². The fraction of sp³-hybridized carbons (Fsp3) is 0.471. The maximum Gasteiger partial charge on any atom is 0.325 e. The molecule has 1 heterocycles. The summed E-state index contributed by atoms with van der Waals surface area (Å²) in [6.45, 7) is 1.95. The molecule has 1 fully saturated rings. The van der Waals surface area contributed by atoms with Crippen LogP contribution in [0.1, 0.15) is 13.3 Å². The van der Waals surface area contributed by atoms with Gasteiger partial charge in [-0.05, 0) is 19.1 Å². The van der Waals surface area contributed by atoms with Crippen molar-refractivity contribution in [3.63, 3.8) is 0 Å². The smallest absolute Gasteiger partial charge is 0.325 e. The van der Waals surface area contributed by atoms with E-state index in [2.05, 4.69) is 5.32 Å². The number of amides is 2. The molecule has 1 aromatic carbocycles. The number of carbonyl (C=O) groups is 3. The third-order valence-corrected chi connectivity index (χ3v) is 3.89. The van der Waals surface area contributed by atoms with Crippen LogP contribution in [-0.2, 0) is 19.1 Å². The van der Waals surface area contributed by atoms with Gasteiger partial charge in [-0.25, -0.2) is 0 Å². The van der Waals surface area contributed by atoms with Crippen molar-refractivity contribution >= 4 is 23.5 Å². The Morgan fingerprint density at radius 3 is 2.68 bits per heavy atom. The second kappa shape index (κ2) is 8.36. The molecule has 1 aromatic rings. The van der Waals surface area contributed by atoms with Gasteiger partial charge in [0.25, 0.3) is 0 Å². The monoisotopic (exact) mass is 350 g/mol. The van der Waals surface area contributed by atoms with E-state index in [0.29, 0.717) is 17.2 Å². The largest absolute Gasteiger partial charge is 0.497 e. The standard InChI is InChI=1S/C17H22N2O6/c1-4-25-16(21)9-18-17(22)11-7-15(20)19(10-11)13-6-5-12(23-2)8-14(13)24-3/h5-6,8,11H,4,7,9-10H2,1-3H3,(H,18,22)/t11-/m1/s1. The Morgan fingerprint density at radius 1 is 1.28 bits per heavy atom. The number of methoxy groups -OCH3 is 2. The van der Waals surface area contributed by atoms with Gasteiger partial charge in [0.15, 0.2) is 0 Å². The van der Waals surface area contributed by atoms with Crippen LogP contribution in [0, 0.1) is 5.92 Å². The van der Waals surface area contributed by atoms with E-state index in [-0.39, 0.29) is 37.9 Å². The molecule has 0 saturated carbocycles. The Hall–Kier alpha value is -2.77. The average molecular weight is 350 g/mol. The summed E-state index contributed by atoms with van der Waals surface area (Å²) in [5.74, 6) is -0.477. The fourth-order valence-electron chi connectivity index (χ4n) is 2.64. The van der Waals surface area contributed by atoms with E-state index in [1.165, 1.54) is 12.0 Å². The molecule has 1 atom stereocenters. The first kappa shape index (κ1) is 18.6. The number of hydrogen-bond acceptors (Lipinski definition) is 6. The maximum atomic E-state index is 12.3. The Balaban J connectivity index is 2.05. The van der Waals surface area contributed by atoms with Gasteiger partial charge in [-0.1, -0.05) is 0 Å². The van der Waals surface area contributed by atoms with E-state index in [1.54, 1.807) is 32.2 Å². The van der Waals surface area contributed by atoms with Crippen molar-refractivity contribution in [2.45, 2.75) is 13.3 Å². The van der Waals surface area contributed by atoms with E-state index in [1.807, 2.05) is 0 Å². The summed E-state index contributed by atoms with van der Waals surface area (Å²) < 4.78 is 15.2. The number of anilines is 1. The van der Waals surface area contributed by atoms with E-state index in [0.717, 1.165) is 0 Å². The van der Waals surface area contributed by atoms with Crippen LogP contribution >= 0.6 is 0 Å². The lowest BCUT2D eigenvalue weighted by atomic mass is 10.1. The minimum atomic E-state index is -0.534. The molecule has 0 unspecified atom stereocenters. The number of esters is 1. The molecular weight excluding hydrogens is 328 g/mol. The lowest BCUT2D eigenvalue weighted by Gasteiger charge is -2.20. The summed E-state index contributed by atoms with van der Waals surface area (Å²) in [5.41, 5.74) is 0.578. The van der Waals surface area contributed by atoms with Gasteiger partial charge >= 0.3 is 5.97 Å². The van der Waals surface area contributed by atoms with Crippen LogP contribution in [0.15, 0.2) is 18.2 Å². The molecule has 0 radical (unpaired) electrons. The minimum absolute atomic E-state index is 0.0733. The quantitative estimate of drug-likeness (QED) is 0.729. The molecule has 136 valence electrons. The molecule has 1 saturated heterocycles. The van der Waals surface area contributed by atoms with Crippen LogP contribution in [-0.4, -0.2) is 51.7 Å². The highest BCUT2D eigenvalue weighted by Crippen LogP contribution is 2.35. The van der Waals surface area contributed by atoms with E-state index in [9.17, 15) is 14.4 Å². The number of benzene rings is 1. The van der Waals surface area contributed by atoms with Crippen LogP contribution in [0.3, 0.4) is 0 Å². The summed E-state index contributed by atoms with van der Waals surface area (Å²) >= 11 is 0. The molecule has 1 aliphatic rings. The second-order valence-electron chi connectivity index (χ2n) is 5.47. The summed E-state index contributed by atoms with van der Waals surface area (Å²) in [4.78, 5) is 37.3. The first-order valence-electron chi connectivity index (χ1n) is 7.95. The average Bonchev–Trinajstić information content (AvgIpc) is 3.01. The maximum absolute atomic E-state index is 12.3. The molecule has 1 aliphatic heterocycles. The molecule has 0 bridgehead atoms. The number of nitrogens with zero attached hydrogens (tertiary/aromatic N) is 1. The molecule has 1 N–H and O–H groups in total. The molecule has 0 aliphatic carbocycles. The van der Waals surface area contributed by atoms with Crippen molar-refractivity contribution < 1.29 is 28.6 Å². The molecule has 2 rings (SSSR count). The topological polar surface area (TPSA) is 94.2 Å². The van der Waals surface area contributed by atoms with Crippen LogP contribution < -0.4 is 19.7 Å². The summed E-state index contributed by atoms with van der Waals surface area (Å²) in [7, 11) is 3.04. The summed E-state index contributed by atoms with van der Waals surface area (Å²) in [6.07, 6.45) is 0.0733. The molecule has 2 amide bonds. The molecule has 0 aromatic heterocycles. The van der Waals surface area contributed by atoms with Gasteiger partial charge in [0.1, 0.15) is 18.0 Å². The predicted molar refractivity (Wildman–Crippen MR) is 89.6 cm³/mol. The Bertz CT molecular complexity index is 661. The van der Waals surface area contributed by atoms with Gasteiger partial charge < -0.3 is 24.4 Å². The first-order chi connectivity index (χ1) is 12.0. The first-order valence-corrected chi connectivity index (χ1v) is 7.95. The zero-order valence-corrected chi connectivity index (χ0v) is 14.5. The predicted octanol–water partition coefficient (Wildman–Crippen LogP) is 0.736. The van der Waals surface area contributed by atoms with Crippen molar-refractivity contribution in [1.82, 2.24) is 5.32 Å². The SMILES string of the molecule is CCOC(=O)CNC(=O)[C@@H]1CC(=O)N(c2ccc(OC)cc2OC)C1. The zero-order chi connectivity index (χ0) is 18.4. The van der Waals surface area contributed by atoms with Gasteiger partial charge in [0.05, 0.1) is 32.4 Å². The van der Waals surface area contributed by atoms with Gasteiger partial charge in [-0.2, -0.15) is 0 Å². The molecule has 8 nitrogen and oxygen atoms in total. The highest BCUT2D eigenvalue weighted by molar-refractivity contribution is 6.01.